The molecule has 0 aromatic carbocycles. The Balaban J connectivity index is 0. The molecule has 12 heavy (non-hydrogen) atoms. The molecule has 1 rings (SSSR count). The van der Waals surface area contributed by atoms with Gasteiger partial charge in [0.1, 0.15) is 12.3 Å². The van der Waals surface area contributed by atoms with Crippen molar-refractivity contribution in [2.24, 2.45) is 5.92 Å². The van der Waals surface area contributed by atoms with E-state index in [-0.39, 0.29) is 5.48 Å². The van der Waals surface area contributed by atoms with E-state index in [4.69, 9.17) is 0 Å². The molecule has 0 amide bonds. The predicted molar refractivity (Wildman–Crippen MR) is 43.5 cm³/mol. The molecule has 2 N–H and O–H groups in total. The molecule has 0 radical (unpaired) electrons. The van der Waals surface area contributed by atoms with Crippen molar-refractivity contribution in [3.63, 3.8) is 0 Å². The Bertz CT molecular complexity index is 100. The van der Waals surface area contributed by atoms with Gasteiger partial charge in [-0.2, -0.15) is 0 Å². The number of halogens is 3. The molecule has 3 unspecified atom stereocenters. The maximum Gasteiger partial charge on any atom is 0.131 e. The zero-order valence-electron chi connectivity index (χ0n) is 7.49. The van der Waals surface area contributed by atoms with Crippen LogP contribution in [0.15, 0.2) is 0 Å². The smallest absolute Gasteiger partial charge is 0.131 e. The van der Waals surface area contributed by atoms with Crippen LogP contribution < -0.4 is 0 Å². The third-order valence-electron chi connectivity index (χ3n) is 1.96. The normalized spacial score (nSPS) is 34.2. The molecule has 0 saturated heterocycles. The van der Waals surface area contributed by atoms with Gasteiger partial charge >= 0.3 is 0 Å². The van der Waals surface area contributed by atoms with Gasteiger partial charge in [0.05, 0.1) is 7.18 Å². The Hall–Kier alpha value is -0.250. The lowest BCUT2D eigenvalue weighted by Crippen LogP contribution is -2.25. The van der Waals surface area contributed by atoms with E-state index in [1.54, 1.807) is 0 Å². The second kappa shape index (κ2) is 7.40. The summed E-state index contributed by atoms with van der Waals surface area (Å²) in [6, 6.07) is 0. The summed E-state index contributed by atoms with van der Waals surface area (Å²) >= 11 is 0. The van der Waals surface area contributed by atoms with Gasteiger partial charge < -0.3 is 5.48 Å². The lowest BCUT2D eigenvalue weighted by atomic mass is 9.88. The Morgan fingerprint density at radius 2 is 1.50 bits per heavy atom. The number of hydrogen-bond acceptors (Lipinski definition) is 0. The highest BCUT2D eigenvalue weighted by Crippen LogP contribution is 2.27. The lowest BCUT2D eigenvalue weighted by molar-refractivity contribution is 0.0948. The Morgan fingerprint density at radius 3 is 1.83 bits per heavy atom. The van der Waals surface area contributed by atoms with Crippen molar-refractivity contribution in [1.82, 2.24) is 0 Å². The molecule has 0 heterocycles. The summed E-state index contributed by atoms with van der Waals surface area (Å²) in [5.41, 5.74) is 0. The SMILES string of the molecule is CC1CCC(F)C(F)C1.CF.O. The van der Waals surface area contributed by atoms with Gasteiger partial charge in [-0.1, -0.05) is 6.92 Å². The van der Waals surface area contributed by atoms with Crippen LogP contribution in [0.5, 0.6) is 0 Å². The molecule has 0 aromatic rings. The van der Waals surface area contributed by atoms with E-state index in [0.717, 1.165) is 6.42 Å². The van der Waals surface area contributed by atoms with Crippen LogP contribution in [0.4, 0.5) is 13.2 Å². The monoisotopic (exact) mass is 186 g/mol. The summed E-state index contributed by atoms with van der Waals surface area (Å²) in [6.45, 7) is 1.97. The second-order valence-corrected chi connectivity index (χ2v) is 2.95. The summed E-state index contributed by atoms with van der Waals surface area (Å²) in [4.78, 5) is 0. The summed E-state index contributed by atoms with van der Waals surface area (Å²) in [7, 11) is 0.500. The van der Waals surface area contributed by atoms with Crippen LogP contribution >= 0.6 is 0 Å². The number of alkyl halides is 3. The quantitative estimate of drug-likeness (QED) is 0.555. The van der Waals surface area contributed by atoms with Gasteiger partial charge in [-0.3, -0.25) is 4.39 Å². The molecule has 0 aliphatic heterocycles. The molecular formula is C8H17F3O. The fraction of sp³-hybridized carbons (Fsp3) is 1.00. The highest BCUT2D eigenvalue weighted by molar-refractivity contribution is 4.77. The zero-order chi connectivity index (χ0) is 8.85. The molecule has 1 fully saturated rings. The average Bonchev–Trinajstić information content (AvgIpc) is 2.02. The molecule has 76 valence electrons. The van der Waals surface area contributed by atoms with E-state index in [9.17, 15) is 13.2 Å². The fourth-order valence-corrected chi connectivity index (χ4v) is 1.27. The molecule has 3 atom stereocenters. The average molecular weight is 186 g/mol. The molecule has 1 aliphatic rings. The maximum absolute atomic E-state index is 12.5. The van der Waals surface area contributed by atoms with Gasteiger partial charge in [0.15, 0.2) is 0 Å². The third-order valence-corrected chi connectivity index (χ3v) is 1.96. The Kier molecular flexibility index (Phi) is 8.81. The van der Waals surface area contributed by atoms with Crippen molar-refractivity contribution < 1.29 is 18.6 Å². The highest BCUT2D eigenvalue weighted by Gasteiger charge is 2.27. The molecule has 1 saturated carbocycles. The fourth-order valence-electron chi connectivity index (χ4n) is 1.27. The van der Waals surface area contributed by atoms with Gasteiger partial charge in [0.25, 0.3) is 0 Å². The van der Waals surface area contributed by atoms with Crippen molar-refractivity contribution in [3.05, 3.63) is 0 Å². The first kappa shape index (κ1) is 14.3. The van der Waals surface area contributed by atoms with E-state index in [1.807, 2.05) is 6.92 Å². The van der Waals surface area contributed by atoms with Crippen molar-refractivity contribution >= 4 is 0 Å². The largest absolute Gasteiger partial charge is 0.412 e. The van der Waals surface area contributed by atoms with Crippen molar-refractivity contribution in [2.45, 2.75) is 38.5 Å². The zero-order valence-corrected chi connectivity index (χ0v) is 7.49. The first-order valence-corrected chi connectivity index (χ1v) is 3.86. The van der Waals surface area contributed by atoms with Gasteiger partial charge in [-0.25, -0.2) is 8.78 Å². The van der Waals surface area contributed by atoms with Crippen LogP contribution in [0, 0.1) is 5.92 Å². The van der Waals surface area contributed by atoms with Crippen molar-refractivity contribution in [2.75, 3.05) is 7.18 Å². The van der Waals surface area contributed by atoms with Gasteiger partial charge in [0, 0.05) is 0 Å². The van der Waals surface area contributed by atoms with Gasteiger partial charge in [0.2, 0.25) is 0 Å². The topological polar surface area (TPSA) is 31.5 Å². The van der Waals surface area contributed by atoms with Crippen molar-refractivity contribution in [3.8, 4) is 0 Å². The molecule has 0 bridgehead atoms. The van der Waals surface area contributed by atoms with Gasteiger partial charge in [-0.05, 0) is 25.2 Å². The summed E-state index contributed by atoms with van der Waals surface area (Å²) in [5.74, 6) is 0.381. The molecule has 0 aromatic heterocycles. The maximum atomic E-state index is 12.5. The summed E-state index contributed by atoms with van der Waals surface area (Å²) in [5, 5.41) is 0. The standard InChI is InChI=1S/C7H12F2.CH3F.H2O/c1-5-2-3-6(8)7(9)4-5;1-2;/h5-7H,2-4H2,1H3;1H3;1H2. The molecule has 1 aliphatic carbocycles. The van der Waals surface area contributed by atoms with Crippen molar-refractivity contribution in [1.29, 1.82) is 0 Å². The second-order valence-electron chi connectivity index (χ2n) is 2.95. The summed E-state index contributed by atoms with van der Waals surface area (Å²) < 4.78 is 34.3. The van der Waals surface area contributed by atoms with E-state index in [1.165, 1.54) is 0 Å². The summed E-state index contributed by atoms with van der Waals surface area (Å²) in [6.07, 6.45) is -0.680. The predicted octanol–water partition coefficient (Wildman–Crippen LogP) is 2.24. The number of rotatable bonds is 0. The van der Waals surface area contributed by atoms with E-state index in [0.29, 0.717) is 25.9 Å². The van der Waals surface area contributed by atoms with Crippen LogP contribution in [-0.2, 0) is 0 Å². The van der Waals surface area contributed by atoms with Crippen LogP contribution in [-0.4, -0.2) is 25.0 Å². The van der Waals surface area contributed by atoms with Crippen LogP contribution in [0.1, 0.15) is 26.2 Å². The molecule has 4 heteroatoms. The highest BCUT2D eigenvalue weighted by atomic mass is 19.2. The molecule has 0 spiro atoms. The minimum absolute atomic E-state index is 0. The first-order chi connectivity index (χ1) is 5.20. The van der Waals surface area contributed by atoms with Crippen LogP contribution in [0.25, 0.3) is 0 Å². The Morgan fingerprint density at radius 1 is 1.00 bits per heavy atom. The molecular weight excluding hydrogens is 169 g/mol. The minimum Gasteiger partial charge on any atom is -0.412 e. The van der Waals surface area contributed by atoms with E-state index >= 15 is 0 Å². The molecule has 1 nitrogen and oxygen atoms in total. The lowest BCUT2D eigenvalue weighted by Gasteiger charge is -2.23. The first-order valence-electron chi connectivity index (χ1n) is 3.86. The minimum atomic E-state index is -1.19. The van der Waals surface area contributed by atoms with E-state index < -0.39 is 12.3 Å². The Labute approximate surface area is 71.3 Å². The van der Waals surface area contributed by atoms with E-state index in [2.05, 4.69) is 0 Å². The third kappa shape index (κ3) is 4.59. The van der Waals surface area contributed by atoms with Crippen LogP contribution in [0.3, 0.4) is 0 Å². The number of hydrogen-bond donors (Lipinski definition) is 0. The van der Waals surface area contributed by atoms with Crippen LogP contribution in [0.2, 0.25) is 0 Å². The van der Waals surface area contributed by atoms with Gasteiger partial charge in [-0.15, -0.1) is 0 Å².